The number of ether oxygens (including phenoxy) is 3. The minimum Gasteiger partial charge on any atom is -0.496 e. The highest BCUT2D eigenvalue weighted by Gasteiger charge is 2.38. The number of hydrogen-bond donors (Lipinski definition) is 1. The van der Waals surface area contributed by atoms with Crippen LogP contribution in [0.1, 0.15) is 25.0 Å². The van der Waals surface area contributed by atoms with Crippen molar-refractivity contribution in [2.75, 3.05) is 7.11 Å². The van der Waals surface area contributed by atoms with Crippen molar-refractivity contribution in [1.82, 2.24) is 0 Å². The fourth-order valence-corrected chi connectivity index (χ4v) is 1.99. The van der Waals surface area contributed by atoms with Gasteiger partial charge in [0.05, 0.1) is 7.11 Å². The molecule has 0 saturated carbocycles. The maximum Gasteiger partial charge on any atom is 0.348 e. The van der Waals surface area contributed by atoms with Crippen LogP contribution in [0.3, 0.4) is 0 Å². The van der Waals surface area contributed by atoms with E-state index < -0.39 is 17.7 Å². The predicted molar refractivity (Wildman–Crippen MR) is 75.1 cm³/mol. The predicted octanol–water partition coefficient (Wildman–Crippen LogP) is 1.37. The largest absolute Gasteiger partial charge is 0.496 e. The van der Waals surface area contributed by atoms with Crippen molar-refractivity contribution < 1.29 is 23.8 Å². The first-order valence-corrected chi connectivity index (χ1v) is 6.41. The van der Waals surface area contributed by atoms with Gasteiger partial charge in [-0.25, -0.2) is 9.59 Å². The minimum absolute atomic E-state index is 0.150. The van der Waals surface area contributed by atoms with Crippen LogP contribution in [0.15, 0.2) is 23.8 Å². The van der Waals surface area contributed by atoms with Crippen LogP contribution in [0.4, 0.5) is 0 Å². The van der Waals surface area contributed by atoms with Crippen molar-refractivity contribution in [1.29, 1.82) is 0 Å². The number of carbonyl (C=O) groups excluding carboxylic acids is 2. The van der Waals surface area contributed by atoms with Crippen molar-refractivity contribution in [2.24, 2.45) is 5.73 Å². The molecule has 0 radical (unpaired) electrons. The van der Waals surface area contributed by atoms with Gasteiger partial charge >= 0.3 is 11.9 Å². The van der Waals surface area contributed by atoms with Gasteiger partial charge in [0.1, 0.15) is 11.3 Å². The maximum absolute atomic E-state index is 11.9. The van der Waals surface area contributed by atoms with Gasteiger partial charge < -0.3 is 19.9 Å². The molecular weight excluding hydrogens is 274 g/mol. The van der Waals surface area contributed by atoms with E-state index in [1.807, 2.05) is 0 Å². The summed E-state index contributed by atoms with van der Waals surface area (Å²) in [6, 6.07) is 5.18. The van der Waals surface area contributed by atoms with Crippen molar-refractivity contribution in [2.45, 2.75) is 26.2 Å². The van der Waals surface area contributed by atoms with Crippen LogP contribution in [0, 0.1) is 0 Å². The summed E-state index contributed by atoms with van der Waals surface area (Å²) in [6.45, 7) is 3.28. The summed E-state index contributed by atoms with van der Waals surface area (Å²) in [7, 11) is 1.55. The maximum atomic E-state index is 11.9. The summed E-state index contributed by atoms with van der Waals surface area (Å²) in [4.78, 5) is 23.7. The second-order valence-corrected chi connectivity index (χ2v) is 5.01. The third-order valence-electron chi connectivity index (χ3n) is 2.95. The molecule has 0 amide bonds. The van der Waals surface area contributed by atoms with Gasteiger partial charge in [0.25, 0.3) is 5.79 Å². The number of rotatable bonds is 3. The van der Waals surface area contributed by atoms with Gasteiger partial charge in [0, 0.05) is 26.0 Å². The third kappa shape index (κ3) is 3.22. The van der Waals surface area contributed by atoms with E-state index in [9.17, 15) is 9.59 Å². The molecule has 0 spiro atoms. The van der Waals surface area contributed by atoms with Crippen LogP contribution in [0.2, 0.25) is 0 Å². The molecular formula is C15H17NO5. The summed E-state index contributed by atoms with van der Waals surface area (Å²) >= 11 is 0. The molecule has 0 bridgehead atoms. The lowest BCUT2D eigenvalue weighted by Crippen LogP contribution is -2.41. The molecule has 0 unspecified atom stereocenters. The van der Waals surface area contributed by atoms with Crippen LogP contribution in [0.25, 0.3) is 6.08 Å². The summed E-state index contributed by atoms with van der Waals surface area (Å²) in [5.74, 6) is -2.01. The van der Waals surface area contributed by atoms with Gasteiger partial charge in [-0.15, -0.1) is 0 Å². The van der Waals surface area contributed by atoms with Crippen molar-refractivity contribution >= 4 is 18.0 Å². The Balaban J connectivity index is 2.35. The van der Waals surface area contributed by atoms with E-state index >= 15 is 0 Å². The van der Waals surface area contributed by atoms with Crippen LogP contribution < -0.4 is 10.5 Å². The lowest BCUT2D eigenvalue weighted by atomic mass is 10.1. The first-order valence-electron chi connectivity index (χ1n) is 6.41. The first kappa shape index (κ1) is 15.1. The quantitative estimate of drug-likeness (QED) is 0.514. The van der Waals surface area contributed by atoms with Gasteiger partial charge in [0.15, 0.2) is 0 Å². The Morgan fingerprint density at radius 2 is 1.86 bits per heavy atom. The zero-order valence-corrected chi connectivity index (χ0v) is 12.1. The normalized spacial score (nSPS) is 17.0. The molecule has 0 aliphatic carbocycles. The Hall–Kier alpha value is -2.34. The topological polar surface area (TPSA) is 87.9 Å². The molecule has 21 heavy (non-hydrogen) atoms. The van der Waals surface area contributed by atoms with Crippen LogP contribution >= 0.6 is 0 Å². The molecule has 1 aliphatic rings. The molecule has 112 valence electrons. The van der Waals surface area contributed by atoms with Gasteiger partial charge in [-0.2, -0.15) is 0 Å². The van der Waals surface area contributed by atoms with E-state index in [-0.39, 0.29) is 12.1 Å². The molecule has 1 aliphatic heterocycles. The Labute approximate surface area is 122 Å². The highest BCUT2D eigenvalue weighted by Crippen LogP contribution is 2.26. The zero-order chi connectivity index (χ0) is 15.6. The third-order valence-corrected chi connectivity index (χ3v) is 2.95. The second-order valence-electron chi connectivity index (χ2n) is 5.01. The molecule has 1 aromatic rings. The summed E-state index contributed by atoms with van der Waals surface area (Å²) in [5.41, 5.74) is 6.89. The van der Waals surface area contributed by atoms with E-state index in [1.54, 1.807) is 25.3 Å². The second kappa shape index (κ2) is 5.57. The van der Waals surface area contributed by atoms with Crippen molar-refractivity contribution in [3.05, 3.63) is 34.9 Å². The van der Waals surface area contributed by atoms with E-state index in [2.05, 4.69) is 0 Å². The molecule has 1 aromatic carbocycles. The number of esters is 2. The van der Waals surface area contributed by atoms with Gasteiger partial charge in [-0.3, -0.25) is 0 Å². The lowest BCUT2D eigenvalue weighted by molar-refractivity contribution is -0.222. The molecule has 1 fully saturated rings. The van der Waals surface area contributed by atoms with E-state index in [0.717, 1.165) is 5.56 Å². The van der Waals surface area contributed by atoms with Crippen LogP contribution in [0.5, 0.6) is 5.75 Å². The molecule has 6 heteroatoms. The number of methoxy groups -OCH3 is 1. The van der Waals surface area contributed by atoms with Gasteiger partial charge in [-0.05, 0) is 23.8 Å². The smallest absolute Gasteiger partial charge is 0.348 e. The van der Waals surface area contributed by atoms with Gasteiger partial charge in [0.2, 0.25) is 0 Å². The molecule has 2 rings (SSSR count). The van der Waals surface area contributed by atoms with Gasteiger partial charge in [-0.1, -0.05) is 6.07 Å². The number of benzene rings is 1. The summed E-state index contributed by atoms with van der Waals surface area (Å²) in [5, 5.41) is 0. The monoisotopic (exact) mass is 291 g/mol. The SMILES string of the molecule is COc1ccc(C=C2C(=O)OC(C)(C)OC2=O)cc1CN. The summed E-state index contributed by atoms with van der Waals surface area (Å²) < 4.78 is 15.2. The fourth-order valence-electron chi connectivity index (χ4n) is 1.99. The molecule has 6 nitrogen and oxygen atoms in total. The Kier molecular flexibility index (Phi) is 3.99. The number of carbonyl (C=O) groups is 2. The van der Waals surface area contributed by atoms with Crippen LogP contribution in [-0.2, 0) is 25.6 Å². The average Bonchev–Trinajstić information content (AvgIpc) is 2.41. The van der Waals surface area contributed by atoms with E-state index in [0.29, 0.717) is 11.3 Å². The Bertz CT molecular complexity index is 596. The first-order chi connectivity index (χ1) is 9.86. The highest BCUT2D eigenvalue weighted by atomic mass is 16.7. The molecule has 1 saturated heterocycles. The Morgan fingerprint density at radius 3 is 2.38 bits per heavy atom. The number of nitrogens with two attached hydrogens (primary N) is 1. The van der Waals surface area contributed by atoms with Crippen LogP contribution in [-0.4, -0.2) is 24.8 Å². The minimum atomic E-state index is -1.24. The summed E-state index contributed by atoms with van der Waals surface area (Å²) in [6.07, 6.45) is 1.42. The lowest BCUT2D eigenvalue weighted by Gasteiger charge is -2.29. The Morgan fingerprint density at radius 1 is 1.24 bits per heavy atom. The van der Waals surface area contributed by atoms with E-state index in [4.69, 9.17) is 19.9 Å². The molecule has 2 N–H and O–H groups in total. The molecule has 0 atom stereocenters. The zero-order valence-electron chi connectivity index (χ0n) is 12.1. The standard InChI is InChI=1S/C15H17NO5/c1-15(2)20-13(17)11(14(18)21-15)7-9-4-5-12(19-3)10(6-9)8-16/h4-7H,8,16H2,1-3H3. The van der Waals surface area contributed by atoms with Crippen molar-refractivity contribution in [3.63, 3.8) is 0 Å². The average molecular weight is 291 g/mol. The molecule has 0 aromatic heterocycles. The van der Waals surface area contributed by atoms with E-state index in [1.165, 1.54) is 19.9 Å². The van der Waals surface area contributed by atoms with Crippen molar-refractivity contribution in [3.8, 4) is 5.75 Å². The molecule has 1 heterocycles. The fraction of sp³-hybridized carbons (Fsp3) is 0.333. The highest BCUT2D eigenvalue weighted by molar-refractivity contribution is 6.18. The number of hydrogen-bond acceptors (Lipinski definition) is 6. The number of cyclic esters (lactones) is 2.